The van der Waals surface area contributed by atoms with Crippen molar-refractivity contribution in [1.29, 1.82) is 0 Å². The number of rotatable bonds is 4. The lowest BCUT2D eigenvalue weighted by Gasteiger charge is -2.13. The fraction of sp³-hybridized carbons (Fsp3) is 0.214. The van der Waals surface area contributed by atoms with Crippen molar-refractivity contribution in [3.05, 3.63) is 48.0 Å². The fourth-order valence-corrected chi connectivity index (χ4v) is 1.69. The Hall–Kier alpha value is -2.14. The van der Waals surface area contributed by atoms with Gasteiger partial charge in [0.25, 0.3) is 5.91 Å². The highest BCUT2D eigenvalue weighted by atomic mass is 19.1. The molecule has 0 radical (unpaired) electrons. The van der Waals surface area contributed by atoms with Gasteiger partial charge in [-0.05, 0) is 24.3 Å². The summed E-state index contributed by atoms with van der Waals surface area (Å²) >= 11 is 0. The molecule has 0 spiro atoms. The van der Waals surface area contributed by atoms with E-state index in [1.165, 1.54) is 23.1 Å². The van der Waals surface area contributed by atoms with Crippen LogP contribution in [0.15, 0.2) is 40.8 Å². The number of hydrogen-bond donors (Lipinski definition) is 1. The Morgan fingerprint density at radius 1 is 1.37 bits per heavy atom. The van der Waals surface area contributed by atoms with Crippen LogP contribution in [0.4, 0.5) is 4.39 Å². The highest BCUT2D eigenvalue weighted by Gasteiger charge is 2.16. The highest BCUT2D eigenvalue weighted by Crippen LogP contribution is 2.23. The highest BCUT2D eigenvalue weighted by molar-refractivity contribution is 5.91. The van der Waals surface area contributed by atoms with E-state index >= 15 is 0 Å². The normalized spacial score (nSPS) is 10.5. The molecule has 0 aliphatic heterocycles. The molecule has 0 aliphatic carbocycles. The minimum atomic E-state index is -0.362. The third-order valence-electron chi connectivity index (χ3n) is 2.71. The van der Waals surface area contributed by atoms with Gasteiger partial charge >= 0.3 is 0 Å². The zero-order chi connectivity index (χ0) is 13.8. The summed E-state index contributed by atoms with van der Waals surface area (Å²) in [6, 6.07) is 9.11. The van der Waals surface area contributed by atoms with Crippen LogP contribution in [0.5, 0.6) is 0 Å². The van der Waals surface area contributed by atoms with Gasteiger partial charge in [0, 0.05) is 19.2 Å². The standard InChI is InChI=1S/C14H14FNO3/c1-16(7-8-17)14(18)13-6-5-12(19-13)10-3-2-4-11(15)9-10/h2-6,9,17H,7-8H2,1H3. The number of furan rings is 1. The van der Waals surface area contributed by atoms with Gasteiger partial charge in [-0.1, -0.05) is 12.1 Å². The molecule has 0 saturated carbocycles. The number of halogens is 1. The van der Waals surface area contributed by atoms with E-state index in [9.17, 15) is 9.18 Å². The minimum Gasteiger partial charge on any atom is -0.451 e. The molecule has 0 bridgehead atoms. The van der Waals surface area contributed by atoms with Crippen molar-refractivity contribution in [3.8, 4) is 11.3 Å². The Balaban J connectivity index is 2.22. The lowest BCUT2D eigenvalue weighted by atomic mass is 10.2. The third kappa shape index (κ3) is 3.00. The molecule has 1 aromatic heterocycles. The summed E-state index contributed by atoms with van der Waals surface area (Å²) in [6.45, 7) is 0.120. The number of amides is 1. The van der Waals surface area contributed by atoms with Gasteiger partial charge in [-0.3, -0.25) is 4.79 Å². The van der Waals surface area contributed by atoms with Gasteiger partial charge in [0.05, 0.1) is 6.61 Å². The summed E-state index contributed by atoms with van der Waals surface area (Å²) < 4.78 is 18.5. The lowest BCUT2D eigenvalue weighted by molar-refractivity contribution is 0.0736. The van der Waals surface area contributed by atoms with Crippen LogP contribution in [-0.4, -0.2) is 36.1 Å². The molecule has 4 nitrogen and oxygen atoms in total. The molecule has 19 heavy (non-hydrogen) atoms. The zero-order valence-electron chi connectivity index (χ0n) is 10.5. The van der Waals surface area contributed by atoms with Gasteiger partial charge in [0.15, 0.2) is 5.76 Å². The van der Waals surface area contributed by atoms with Crippen LogP contribution >= 0.6 is 0 Å². The molecule has 2 rings (SSSR count). The van der Waals surface area contributed by atoms with Crippen molar-refractivity contribution >= 4 is 5.91 Å². The van der Waals surface area contributed by atoms with Gasteiger partial charge in [-0.15, -0.1) is 0 Å². The third-order valence-corrected chi connectivity index (χ3v) is 2.71. The van der Waals surface area contributed by atoms with Crippen LogP contribution in [0.2, 0.25) is 0 Å². The molecule has 0 aliphatic rings. The molecule has 1 amide bonds. The molecule has 0 saturated heterocycles. The Morgan fingerprint density at radius 2 is 2.16 bits per heavy atom. The van der Waals surface area contributed by atoms with E-state index in [-0.39, 0.29) is 30.6 Å². The number of benzene rings is 1. The quantitative estimate of drug-likeness (QED) is 0.919. The van der Waals surface area contributed by atoms with E-state index in [1.54, 1.807) is 25.2 Å². The van der Waals surface area contributed by atoms with E-state index in [0.717, 1.165) is 0 Å². The molecular weight excluding hydrogens is 249 g/mol. The molecule has 1 aromatic carbocycles. The first-order valence-corrected chi connectivity index (χ1v) is 5.84. The van der Waals surface area contributed by atoms with Crippen molar-refractivity contribution in [2.24, 2.45) is 0 Å². The summed E-state index contributed by atoms with van der Waals surface area (Å²) in [7, 11) is 1.57. The number of hydrogen-bond acceptors (Lipinski definition) is 3. The monoisotopic (exact) mass is 263 g/mol. The number of carbonyl (C=O) groups excluding carboxylic acids is 1. The van der Waals surface area contributed by atoms with Crippen molar-refractivity contribution in [2.45, 2.75) is 0 Å². The summed E-state index contributed by atoms with van der Waals surface area (Å²) in [6.07, 6.45) is 0. The van der Waals surface area contributed by atoms with Crippen LogP contribution < -0.4 is 0 Å². The average Bonchev–Trinajstić information content (AvgIpc) is 2.87. The molecule has 0 unspecified atom stereocenters. The topological polar surface area (TPSA) is 53.7 Å². The largest absolute Gasteiger partial charge is 0.451 e. The molecule has 0 fully saturated rings. The Labute approximate surface area is 110 Å². The van der Waals surface area contributed by atoms with Gasteiger partial charge < -0.3 is 14.4 Å². The first-order chi connectivity index (χ1) is 9.11. The fourth-order valence-electron chi connectivity index (χ4n) is 1.69. The number of aliphatic hydroxyl groups excluding tert-OH is 1. The van der Waals surface area contributed by atoms with Crippen molar-refractivity contribution in [2.75, 3.05) is 20.2 Å². The second kappa shape index (κ2) is 5.67. The van der Waals surface area contributed by atoms with Gasteiger partial charge in [0.2, 0.25) is 0 Å². The number of likely N-dealkylation sites (N-methyl/N-ethyl adjacent to an activating group) is 1. The van der Waals surface area contributed by atoms with Crippen LogP contribution in [-0.2, 0) is 0 Å². The summed E-state index contributed by atoms with van der Waals surface area (Å²) in [4.78, 5) is 13.2. The lowest BCUT2D eigenvalue weighted by Crippen LogP contribution is -2.29. The predicted octanol–water partition coefficient (Wildman–Crippen LogP) is 2.15. The van der Waals surface area contributed by atoms with Crippen LogP contribution in [0, 0.1) is 5.82 Å². The van der Waals surface area contributed by atoms with Gasteiger partial charge in [-0.2, -0.15) is 0 Å². The molecule has 1 N–H and O–H groups in total. The Morgan fingerprint density at radius 3 is 2.84 bits per heavy atom. The van der Waals surface area contributed by atoms with Crippen LogP contribution in [0.1, 0.15) is 10.6 Å². The summed E-state index contributed by atoms with van der Waals surface area (Å²) in [5.74, 6) is -0.0914. The van der Waals surface area contributed by atoms with Crippen LogP contribution in [0.3, 0.4) is 0 Å². The molecule has 1 heterocycles. The van der Waals surface area contributed by atoms with Crippen molar-refractivity contribution in [1.82, 2.24) is 4.90 Å². The number of aliphatic hydroxyl groups is 1. The second-order valence-electron chi connectivity index (χ2n) is 4.12. The summed E-state index contributed by atoms with van der Waals surface area (Å²) in [5, 5.41) is 8.78. The van der Waals surface area contributed by atoms with Gasteiger partial charge in [0.1, 0.15) is 11.6 Å². The average molecular weight is 263 g/mol. The minimum absolute atomic E-state index is 0.111. The SMILES string of the molecule is CN(CCO)C(=O)c1ccc(-c2cccc(F)c2)o1. The maximum absolute atomic E-state index is 13.1. The Bertz CT molecular complexity index is 580. The first kappa shape index (κ1) is 13.3. The predicted molar refractivity (Wildman–Crippen MR) is 68.1 cm³/mol. The van der Waals surface area contributed by atoms with Crippen molar-refractivity contribution in [3.63, 3.8) is 0 Å². The molecule has 0 atom stereocenters. The second-order valence-corrected chi connectivity index (χ2v) is 4.12. The first-order valence-electron chi connectivity index (χ1n) is 5.84. The van der Waals surface area contributed by atoms with Crippen molar-refractivity contribution < 1.29 is 18.7 Å². The molecular formula is C14H14FNO3. The van der Waals surface area contributed by atoms with E-state index in [1.807, 2.05) is 0 Å². The maximum Gasteiger partial charge on any atom is 0.289 e. The van der Waals surface area contributed by atoms with Crippen LogP contribution in [0.25, 0.3) is 11.3 Å². The molecule has 100 valence electrons. The van der Waals surface area contributed by atoms with E-state index in [2.05, 4.69) is 0 Å². The summed E-state index contributed by atoms with van der Waals surface area (Å²) in [5.41, 5.74) is 0.573. The maximum atomic E-state index is 13.1. The van der Waals surface area contributed by atoms with Gasteiger partial charge in [-0.25, -0.2) is 4.39 Å². The Kier molecular flexibility index (Phi) is 3.97. The smallest absolute Gasteiger partial charge is 0.289 e. The molecule has 5 heteroatoms. The number of nitrogens with zero attached hydrogens (tertiary/aromatic N) is 1. The zero-order valence-corrected chi connectivity index (χ0v) is 10.5. The van der Waals surface area contributed by atoms with E-state index < -0.39 is 0 Å². The molecule has 2 aromatic rings. The number of carbonyl (C=O) groups is 1. The van der Waals surface area contributed by atoms with E-state index in [0.29, 0.717) is 11.3 Å². The van der Waals surface area contributed by atoms with E-state index in [4.69, 9.17) is 9.52 Å².